The largest absolute Gasteiger partial charge is 0.432 e. The Morgan fingerprint density at radius 2 is 2.00 bits per heavy atom. The number of rotatable bonds is 3. The van der Waals surface area contributed by atoms with Gasteiger partial charge in [-0.25, -0.2) is 4.98 Å². The highest BCUT2D eigenvalue weighted by Crippen LogP contribution is 2.25. The molecule has 0 amide bonds. The smallest absolute Gasteiger partial charge is 0.297 e. The monoisotopic (exact) mass is 287 g/mol. The van der Waals surface area contributed by atoms with Gasteiger partial charge in [0.05, 0.1) is 17.9 Å². The predicted octanol–water partition coefficient (Wildman–Crippen LogP) is 2.09. The third-order valence-electron chi connectivity index (χ3n) is 3.87. The van der Waals surface area contributed by atoms with Crippen LogP contribution in [-0.4, -0.2) is 41.4 Å². The van der Waals surface area contributed by atoms with Crippen LogP contribution in [0.25, 0.3) is 0 Å². The highest BCUT2D eigenvalue weighted by molar-refractivity contribution is 5.45. The minimum atomic E-state index is 0.0359. The fourth-order valence-corrected chi connectivity index (χ4v) is 2.33. The van der Waals surface area contributed by atoms with Gasteiger partial charge in [0.15, 0.2) is 5.82 Å². The van der Waals surface area contributed by atoms with Gasteiger partial charge in [0, 0.05) is 25.6 Å². The lowest BCUT2D eigenvalue weighted by molar-refractivity contribution is 0.447. The molecule has 0 N–H and O–H groups in total. The molecule has 2 aromatic rings. The molecular weight excluding hydrogens is 266 g/mol. The maximum Gasteiger partial charge on any atom is 0.297 e. The summed E-state index contributed by atoms with van der Waals surface area (Å²) in [6.07, 6.45) is 3.26. The molecule has 112 valence electrons. The molecule has 6 heteroatoms. The Morgan fingerprint density at radius 1 is 1.24 bits per heavy atom. The number of anilines is 2. The fraction of sp³-hybridized carbons (Fsp3) is 0.533. The number of hydrogen-bond donors (Lipinski definition) is 0. The van der Waals surface area contributed by atoms with Crippen molar-refractivity contribution in [1.29, 1.82) is 0 Å². The fourth-order valence-electron chi connectivity index (χ4n) is 2.33. The molecule has 0 aliphatic carbocycles. The minimum absolute atomic E-state index is 0.0359. The van der Waals surface area contributed by atoms with Crippen molar-refractivity contribution < 1.29 is 4.42 Å². The maximum absolute atomic E-state index is 5.31. The lowest BCUT2D eigenvalue weighted by atomic mass is 9.92. The first-order valence-corrected chi connectivity index (χ1v) is 7.16. The van der Waals surface area contributed by atoms with E-state index < -0.39 is 0 Å². The molecule has 0 atom stereocenters. The Bertz CT molecular complexity index is 582. The average Bonchev–Trinajstić information content (AvgIpc) is 2.90. The van der Waals surface area contributed by atoms with Gasteiger partial charge in [0.1, 0.15) is 6.26 Å². The molecule has 1 aliphatic rings. The number of likely N-dealkylation sites (N-methyl/N-ethyl adjacent to an activating group) is 1. The lowest BCUT2D eigenvalue weighted by Gasteiger charge is -2.43. The van der Waals surface area contributed by atoms with E-state index in [2.05, 4.69) is 57.9 Å². The van der Waals surface area contributed by atoms with Gasteiger partial charge >= 0.3 is 0 Å². The molecule has 3 rings (SSSR count). The van der Waals surface area contributed by atoms with Gasteiger partial charge in [-0.2, -0.15) is 5.10 Å². The van der Waals surface area contributed by atoms with Gasteiger partial charge in [-0.1, -0.05) is 20.8 Å². The van der Waals surface area contributed by atoms with E-state index in [-0.39, 0.29) is 5.41 Å². The molecule has 6 nitrogen and oxygen atoms in total. The molecule has 0 bridgehead atoms. The molecular formula is C15H21N5O. The summed E-state index contributed by atoms with van der Waals surface area (Å²) in [7, 11) is 2.00. The van der Waals surface area contributed by atoms with E-state index in [1.165, 1.54) is 0 Å². The molecule has 0 spiro atoms. The second kappa shape index (κ2) is 5.02. The van der Waals surface area contributed by atoms with Crippen molar-refractivity contribution in [3.05, 3.63) is 30.3 Å². The van der Waals surface area contributed by atoms with Gasteiger partial charge in [0.2, 0.25) is 0 Å². The van der Waals surface area contributed by atoms with Crippen molar-refractivity contribution in [3.63, 3.8) is 0 Å². The van der Waals surface area contributed by atoms with Crippen LogP contribution >= 0.6 is 0 Å². The van der Waals surface area contributed by atoms with E-state index in [0.717, 1.165) is 24.6 Å². The summed E-state index contributed by atoms with van der Waals surface area (Å²) in [4.78, 5) is 8.44. The molecule has 21 heavy (non-hydrogen) atoms. The summed E-state index contributed by atoms with van der Waals surface area (Å²) in [5, 5.41) is 8.68. The summed E-state index contributed by atoms with van der Waals surface area (Å²) in [5.41, 5.74) is 1.05. The number of nitrogens with zero attached hydrogens (tertiary/aromatic N) is 5. The highest BCUT2D eigenvalue weighted by Gasteiger charge is 2.33. The lowest BCUT2D eigenvalue weighted by Crippen LogP contribution is -2.59. The SMILES string of the molecule is CN(c1ncco1)C1CN(c2ccc(C(C)(C)C)nn2)C1. The van der Waals surface area contributed by atoms with Gasteiger partial charge in [-0.05, 0) is 12.1 Å². The third kappa shape index (κ3) is 2.70. The Labute approximate surface area is 124 Å². The zero-order chi connectivity index (χ0) is 15.0. The Kier molecular flexibility index (Phi) is 3.31. The van der Waals surface area contributed by atoms with Crippen LogP contribution in [0.1, 0.15) is 26.5 Å². The quantitative estimate of drug-likeness (QED) is 0.861. The number of hydrogen-bond acceptors (Lipinski definition) is 6. The average molecular weight is 287 g/mol. The van der Waals surface area contributed by atoms with E-state index in [1.54, 1.807) is 12.5 Å². The summed E-state index contributed by atoms with van der Waals surface area (Å²) in [6.45, 7) is 8.23. The Balaban J connectivity index is 1.61. The van der Waals surface area contributed by atoms with Gasteiger partial charge < -0.3 is 14.2 Å². The molecule has 2 aromatic heterocycles. The first kappa shape index (κ1) is 13.9. The first-order chi connectivity index (χ1) is 9.95. The number of aromatic nitrogens is 3. The Morgan fingerprint density at radius 3 is 2.52 bits per heavy atom. The second-order valence-corrected chi connectivity index (χ2v) is 6.51. The van der Waals surface area contributed by atoms with Crippen molar-refractivity contribution in [3.8, 4) is 0 Å². The zero-order valence-electron chi connectivity index (χ0n) is 12.9. The van der Waals surface area contributed by atoms with Gasteiger partial charge in [0.25, 0.3) is 6.01 Å². The normalized spacial score (nSPS) is 15.9. The molecule has 1 fully saturated rings. The van der Waals surface area contributed by atoms with Crippen molar-refractivity contribution in [2.24, 2.45) is 0 Å². The van der Waals surface area contributed by atoms with Crippen molar-refractivity contribution in [1.82, 2.24) is 15.2 Å². The van der Waals surface area contributed by atoms with Gasteiger partial charge in [-0.3, -0.25) is 0 Å². The molecule has 0 unspecified atom stereocenters. The molecule has 3 heterocycles. The van der Waals surface area contributed by atoms with Crippen LogP contribution < -0.4 is 9.80 Å². The topological polar surface area (TPSA) is 58.3 Å². The van der Waals surface area contributed by atoms with E-state index in [4.69, 9.17) is 4.42 Å². The Hall–Kier alpha value is -2.11. The summed E-state index contributed by atoms with van der Waals surface area (Å²) in [6, 6.07) is 5.17. The van der Waals surface area contributed by atoms with Crippen LogP contribution in [0.2, 0.25) is 0 Å². The van der Waals surface area contributed by atoms with Crippen LogP contribution in [0.3, 0.4) is 0 Å². The van der Waals surface area contributed by atoms with Gasteiger partial charge in [-0.15, -0.1) is 5.10 Å². The maximum atomic E-state index is 5.31. The molecule has 0 saturated carbocycles. The highest BCUT2D eigenvalue weighted by atomic mass is 16.4. The first-order valence-electron chi connectivity index (χ1n) is 7.16. The summed E-state index contributed by atoms with van der Waals surface area (Å²) < 4.78 is 5.31. The van der Waals surface area contributed by atoms with Crippen molar-refractivity contribution >= 4 is 11.8 Å². The third-order valence-corrected chi connectivity index (χ3v) is 3.87. The van der Waals surface area contributed by atoms with Crippen LogP contribution in [-0.2, 0) is 5.41 Å². The van der Waals surface area contributed by atoms with E-state index >= 15 is 0 Å². The number of oxazole rings is 1. The predicted molar refractivity (Wildman–Crippen MR) is 81.6 cm³/mol. The van der Waals surface area contributed by atoms with Crippen molar-refractivity contribution in [2.75, 3.05) is 29.9 Å². The molecule has 0 radical (unpaired) electrons. The molecule has 0 aromatic carbocycles. The second-order valence-electron chi connectivity index (χ2n) is 6.51. The summed E-state index contributed by atoms with van der Waals surface area (Å²) >= 11 is 0. The minimum Gasteiger partial charge on any atom is -0.432 e. The van der Waals surface area contributed by atoms with Crippen LogP contribution in [0, 0.1) is 0 Å². The van der Waals surface area contributed by atoms with E-state index in [0.29, 0.717) is 12.1 Å². The molecule has 1 aliphatic heterocycles. The van der Waals surface area contributed by atoms with E-state index in [1.807, 2.05) is 7.05 Å². The van der Waals surface area contributed by atoms with Crippen molar-refractivity contribution in [2.45, 2.75) is 32.2 Å². The zero-order valence-corrected chi connectivity index (χ0v) is 12.9. The molecule has 1 saturated heterocycles. The van der Waals surface area contributed by atoms with Crippen LogP contribution in [0.15, 0.2) is 29.0 Å². The van der Waals surface area contributed by atoms with Crippen LogP contribution in [0.4, 0.5) is 11.8 Å². The van der Waals surface area contributed by atoms with Crippen LogP contribution in [0.5, 0.6) is 0 Å². The summed E-state index contributed by atoms with van der Waals surface area (Å²) in [5.74, 6) is 0.931. The van der Waals surface area contributed by atoms with E-state index in [9.17, 15) is 0 Å². The standard InChI is InChI=1S/C15H21N5O/c1-15(2,3)12-5-6-13(18-17-12)20-9-11(10-20)19(4)14-16-7-8-21-14/h5-8,11H,9-10H2,1-4H3.